The average molecular weight is 288 g/mol. The molecular formula is C11H14BrNO3. The Morgan fingerprint density at radius 1 is 1.44 bits per heavy atom. The van der Waals surface area contributed by atoms with Crippen LogP contribution in [0.15, 0.2) is 22.7 Å². The lowest BCUT2D eigenvalue weighted by Crippen LogP contribution is -2.26. The number of hydrogen-bond donors (Lipinski definition) is 0. The van der Waals surface area contributed by atoms with Gasteiger partial charge in [-0.05, 0) is 18.2 Å². The highest BCUT2D eigenvalue weighted by Crippen LogP contribution is 2.30. The standard InChI is InChI=1S/C11H14BrNO3/c1-13(7-11(14)16-3)9-6-8(12)4-5-10(9)15-2/h4-6H,7H2,1-3H3. The molecule has 0 unspecified atom stereocenters. The van der Waals surface area contributed by atoms with Crippen molar-refractivity contribution in [2.45, 2.75) is 0 Å². The van der Waals surface area contributed by atoms with Gasteiger partial charge in [0.25, 0.3) is 0 Å². The van der Waals surface area contributed by atoms with Crippen LogP contribution < -0.4 is 9.64 Å². The molecule has 0 aliphatic rings. The first kappa shape index (κ1) is 12.8. The fraction of sp³-hybridized carbons (Fsp3) is 0.364. The predicted octanol–water partition coefficient (Wildman–Crippen LogP) is 2.07. The number of likely N-dealkylation sites (N-methyl/N-ethyl adjacent to an activating group) is 1. The van der Waals surface area contributed by atoms with E-state index in [4.69, 9.17) is 4.74 Å². The summed E-state index contributed by atoms with van der Waals surface area (Å²) >= 11 is 3.38. The largest absolute Gasteiger partial charge is 0.495 e. The Bertz CT molecular complexity index is 381. The number of carbonyl (C=O) groups is 1. The quantitative estimate of drug-likeness (QED) is 0.795. The molecule has 0 fully saturated rings. The van der Waals surface area contributed by atoms with Gasteiger partial charge in [-0.25, -0.2) is 0 Å². The lowest BCUT2D eigenvalue weighted by Gasteiger charge is -2.20. The van der Waals surface area contributed by atoms with E-state index >= 15 is 0 Å². The van der Waals surface area contributed by atoms with Crippen molar-refractivity contribution in [2.24, 2.45) is 0 Å². The Kier molecular flexibility index (Phi) is 4.61. The average Bonchev–Trinajstić information content (AvgIpc) is 2.28. The highest BCUT2D eigenvalue weighted by atomic mass is 79.9. The molecule has 4 nitrogen and oxygen atoms in total. The molecule has 0 saturated carbocycles. The number of anilines is 1. The number of esters is 1. The molecule has 1 aromatic rings. The fourth-order valence-corrected chi connectivity index (χ4v) is 1.65. The second-order valence-corrected chi connectivity index (χ2v) is 4.16. The van der Waals surface area contributed by atoms with Crippen LogP contribution in [0.3, 0.4) is 0 Å². The summed E-state index contributed by atoms with van der Waals surface area (Å²) in [4.78, 5) is 12.9. The van der Waals surface area contributed by atoms with Crippen LogP contribution in [-0.2, 0) is 9.53 Å². The third kappa shape index (κ3) is 3.13. The van der Waals surface area contributed by atoms with E-state index in [1.54, 1.807) is 19.1 Å². The Morgan fingerprint density at radius 2 is 2.12 bits per heavy atom. The Hall–Kier alpha value is -1.23. The minimum Gasteiger partial charge on any atom is -0.495 e. The molecule has 0 heterocycles. The summed E-state index contributed by atoms with van der Waals surface area (Å²) in [6, 6.07) is 5.61. The summed E-state index contributed by atoms with van der Waals surface area (Å²) in [5.41, 5.74) is 0.835. The van der Waals surface area contributed by atoms with Gasteiger partial charge in [-0.2, -0.15) is 0 Å². The SMILES string of the molecule is COC(=O)CN(C)c1cc(Br)ccc1OC. The van der Waals surface area contributed by atoms with Crippen LogP contribution in [0.4, 0.5) is 5.69 Å². The van der Waals surface area contributed by atoms with Crippen LogP contribution in [0.25, 0.3) is 0 Å². The zero-order chi connectivity index (χ0) is 12.1. The fourth-order valence-electron chi connectivity index (χ4n) is 1.30. The van der Waals surface area contributed by atoms with Gasteiger partial charge in [0.05, 0.1) is 19.9 Å². The van der Waals surface area contributed by atoms with Gasteiger partial charge in [0.2, 0.25) is 0 Å². The molecule has 1 rings (SSSR count). The Balaban J connectivity index is 2.92. The maximum atomic E-state index is 11.2. The molecule has 0 saturated heterocycles. The zero-order valence-electron chi connectivity index (χ0n) is 9.49. The number of benzene rings is 1. The number of nitrogens with zero attached hydrogens (tertiary/aromatic N) is 1. The second kappa shape index (κ2) is 5.75. The van der Waals surface area contributed by atoms with Gasteiger partial charge >= 0.3 is 5.97 Å². The molecule has 0 radical (unpaired) electrons. The summed E-state index contributed by atoms with van der Waals surface area (Å²) in [6.07, 6.45) is 0. The number of carbonyl (C=O) groups excluding carboxylic acids is 1. The molecule has 0 aliphatic heterocycles. The van der Waals surface area contributed by atoms with Crippen molar-refractivity contribution < 1.29 is 14.3 Å². The number of hydrogen-bond acceptors (Lipinski definition) is 4. The maximum absolute atomic E-state index is 11.2. The molecule has 0 aliphatic carbocycles. The minimum absolute atomic E-state index is 0.184. The topological polar surface area (TPSA) is 38.8 Å². The highest BCUT2D eigenvalue weighted by molar-refractivity contribution is 9.10. The van der Waals surface area contributed by atoms with E-state index in [0.29, 0.717) is 0 Å². The maximum Gasteiger partial charge on any atom is 0.325 e. The normalized spacial score (nSPS) is 9.75. The van der Waals surface area contributed by atoms with Crippen molar-refractivity contribution in [3.05, 3.63) is 22.7 Å². The first-order valence-electron chi connectivity index (χ1n) is 4.70. The lowest BCUT2D eigenvalue weighted by molar-refractivity contribution is -0.138. The van der Waals surface area contributed by atoms with E-state index in [0.717, 1.165) is 15.9 Å². The summed E-state index contributed by atoms with van der Waals surface area (Å²) in [7, 11) is 4.77. The molecule has 0 spiro atoms. The predicted molar refractivity (Wildman–Crippen MR) is 66.0 cm³/mol. The molecule has 0 aromatic heterocycles. The van der Waals surface area contributed by atoms with Gasteiger partial charge in [-0.3, -0.25) is 4.79 Å². The smallest absolute Gasteiger partial charge is 0.325 e. The van der Waals surface area contributed by atoms with Crippen LogP contribution in [0.2, 0.25) is 0 Å². The molecule has 1 aromatic carbocycles. The zero-order valence-corrected chi connectivity index (χ0v) is 11.1. The van der Waals surface area contributed by atoms with Crippen molar-refractivity contribution in [3.63, 3.8) is 0 Å². The first-order valence-corrected chi connectivity index (χ1v) is 5.49. The third-order valence-electron chi connectivity index (χ3n) is 2.15. The van der Waals surface area contributed by atoms with E-state index in [9.17, 15) is 4.79 Å². The van der Waals surface area contributed by atoms with E-state index in [1.807, 2.05) is 18.2 Å². The molecule has 0 atom stereocenters. The number of ether oxygens (including phenoxy) is 2. The van der Waals surface area contributed by atoms with Crippen LogP contribution in [0, 0.1) is 0 Å². The molecule has 0 amide bonds. The van der Waals surface area contributed by atoms with Crippen molar-refractivity contribution in [1.29, 1.82) is 0 Å². The number of methoxy groups -OCH3 is 2. The van der Waals surface area contributed by atoms with Gasteiger partial charge in [0.1, 0.15) is 12.3 Å². The van der Waals surface area contributed by atoms with Gasteiger partial charge in [-0.15, -0.1) is 0 Å². The molecule has 88 valence electrons. The van der Waals surface area contributed by atoms with Gasteiger partial charge < -0.3 is 14.4 Å². The molecule has 16 heavy (non-hydrogen) atoms. The molecular weight excluding hydrogens is 274 g/mol. The summed E-state index contributed by atoms with van der Waals surface area (Å²) in [5.74, 6) is 0.430. The van der Waals surface area contributed by atoms with Crippen LogP contribution in [-0.4, -0.2) is 33.8 Å². The van der Waals surface area contributed by atoms with E-state index < -0.39 is 0 Å². The van der Waals surface area contributed by atoms with Crippen molar-refractivity contribution in [2.75, 3.05) is 32.7 Å². The first-order chi connectivity index (χ1) is 7.58. The van der Waals surface area contributed by atoms with Crippen molar-refractivity contribution in [1.82, 2.24) is 0 Å². The second-order valence-electron chi connectivity index (χ2n) is 3.25. The van der Waals surface area contributed by atoms with E-state index in [2.05, 4.69) is 20.7 Å². The highest BCUT2D eigenvalue weighted by Gasteiger charge is 2.12. The van der Waals surface area contributed by atoms with Crippen LogP contribution in [0.1, 0.15) is 0 Å². The van der Waals surface area contributed by atoms with E-state index in [-0.39, 0.29) is 12.5 Å². The molecule has 0 bridgehead atoms. The van der Waals surface area contributed by atoms with E-state index in [1.165, 1.54) is 7.11 Å². The summed E-state index contributed by atoms with van der Waals surface area (Å²) in [6.45, 7) is 0.184. The Labute approximate surface area is 103 Å². The van der Waals surface area contributed by atoms with Crippen molar-refractivity contribution >= 4 is 27.6 Å². The van der Waals surface area contributed by atoms with Crippen molar-refractivity contribution in [3.8, 4) is 5.75 Å². The van der Waals surface area contributed by atoms with Gasteiger partial charge in [0.15, 0.2) is 0 Å². The number of halogens is 1. The number of rotatable bonds is 4. The van der Waals surface area contributed by atoms with Gasteiger partial charge in [0, 0.05) is 11.5 Å². The summed E-state index contributed by atoms with van der Waals surface area (Å²) < 4.78 is 10.8. The van der Waals surface area contributed by atoms with Crippen LogP contribution >= 0.6 is 15.9 Å². The monoisotopic (exact) mass is 287 g/mol. The summed E-state index contributed by atoms with van der Waals surface area (Å²) in [5, 5.41) is 0. The minimum atomic E-state index is -0.287. The van der Waals surface area contributed by atoms with Crippen LogP contribution in [0.5, 0.6) is 5.75 Å². The molecule has 5 heteroatoms. The third-order valence-corrected chi connectivity index (χ3v) is 2.64. The molecule has 0 N–H and O–H groups in total. The Morgan fingerprint density at radius 3 is 2.69 bits per heavy atom. The van der Waals surface area contributed by atoms with Gasteiger partial charge in [-0.1, -0.05) is 15.9 Å². The lowest BCUT2D eigenvalue weighted by atomic mass is 10.2.